The first kappa shape index (κ1) is 16.2. The summed E-state index contributed by atoms with van der Waals surface area (Å²) in [5.41, 5.74) is 0. The van der Waals surface area contributed by atoms with E-state index in [1.165, 1.54) is 0 Å². The van der Waals surface area contributed by atoms with Crippen LogP contribution in [0.1, 0.15) is 25.7 Å². The molecule has 0 saturated carbocycles. The van der Waals surface area contributed by atoms with E-state index >= 15 is 0 Å². The topological polar surface area (TPSA) is 135 Å². The fraction of sp³-hybridized carbons (Fsp3) is 1.00. The molecule has 0 aromatic heterocycles. The van der Waals surface area contributed by atoms with Crippen LogP contribution < -0.4 is 0 Å². The van der Waals surface area contributed by atoms with E-state index in [9.17, 15) is 18.6 Å². The van der Waals surface area contributed by atoms with Crippen LogP contribution in [-0.2, 0) is 9.13 Å². The summed E-state index contributed by atoms with van der Waals surface area (Å²) >= 11 is 0. The SMILES string of the molecule is O=P(O)(O)C(O)(CCCCCF)P(=O)(O)O. The van der Waals surface area contributed by atoms with Gasteiger partial charge in [0.25, 0.3) is 5.08 Å². The molecular weight excluding hydrogens is 265 g/mol. The lowest BCUT2D eigenvalue weighted by Gasteiger charge is -2.29. The minimum atomic E-state index is -5.36. The molecule has 0 fully saturated rings. The van der Waals surface area contributed by atoms with Crippen LogP contribution >= 0.6 is 15.2 Å². The van der Waals surface area contributed by atoms with Gasteiger partial charge < -0.3 is 24.7 Å². The summed E-state index contributed by atoms with van der Waals surface area (Å²) in [6.45, 7) is -0.635. The molecule has 0 aromatic rings. The van der Waals surface area contributed by atoms with E-state index in [0.29, 0.717) is 0 Å². The largest absolute Gasteiger partial charge is 0.369 e. The fourth-order valence-corrected chi connectivity index (χ4v) is 3.35. The third-order valence-corrected chi connectivity index (χ3v) is 5.96. The lowest BCUT2D eigenvalue weighted by molar-refractivity contribution is 0.120. The molecule has 5 N–H and O–H groups in total. The second-order valence-corrected chi connectivity index (χ2v) is 7.37. The summed E-state index contributed by atoms with van der Waals surface area (Å²) in [4.78, 5) is 34.9. The minimum absolute atomic E-state index is 0.0867. The highest BCUT2D eigenvalue weighted by Gasteiger charge is 2.58. The van der Waals surface area contributed by atoms with Crippen LogP contribution in [0.25, 0.3) is 0 Å². The van der Waals surface area contributed by atoms with E-state index in [2.05, 4.69) is 0 Å². The average Bonchev–Trinajstić information content (AvgIpc) is 2.08. The molecule has 0 radical (unpaired) electrons. The van der Waals surface area contributed by atoms with Crippen molar-refractivity contribution >= 4 is 15.2 Å². The molecule has 0 unspecified atom stereocenters. The van der Waals surface area contributed by atoms with Crippen LogP contribution in [0.2, 0.25) is 0 Å². The van der Waals surface area contributed by atoms with E-state index in [1.54, 1.807) is 0 Å². The number of rotatable bonds is 7. The first-order chi connectivity index (χ1) is 7.06. The highest BCUT2D eigenvalue weighted by molar-refractivity contribution is 7.72. The van der Waals surface area contributed by atoms with Crippen LogP contribution in [0.15, 0.2) is 0 Å². The molecule has 0 aliphatic rings. The summed E-state index contributed by atoms with van der Waals surface area (Å²) in [5, 5.41) is 6.00. The molecule has 0 rings (SSSR count). The Morgan fingerprint density at radius 3 is 1.69 bits per heavy atom. The molecule has 7 nitrogen and oxygen atoms in total. The van der Waals surface area contributed by atoms with Gasteiger partial charge in [-0.05, 0) is 19.3 Å². The zero-order chi connectivity index (χ0) is 13.0. The summed E-state index contributed by atoms with van der Waals surface area (Å²) in [6, 6.07) is 0. The molecule has 0 aromatic carbocycles. The van der Waals surface area contributed by atoms with Crippen molar-refractivity contribution in [3.63, 3.8) is 0 Å². The highest BCUT2D eigenvalue weighted by atomic mass is 31.2. The lowest BCUT2D eigenvalue weighted by Crippen LogP contribution is -2.28. The molecule has 0 atom stereocenters. The average molecular weight is 280 g/mol. The highest BCUT2D eigenvalue weighted by Crippen LogP contribution is 2.69. The van der Waals surface area contributed by atoms with Gasteiger partial charge in [-0.25, -0.2) is 0 Å². The van der Waals surface area contributed by atoms with Crippen molar-refractivity contribution in [1.29, 1.82) is 0 Å². The number of unbranched alkanes of at least 4 members (excludes halogenated alkanes) is 2. The first-order valence-corrected chi connectivity index (χ1v) is 7.68. The first-order valence-electron chi connectivity index (χ1n) is 4.46. The Morgan fingerprint density at radius 2 is 1.38 bits per heavy atom. The van der Waals surface area contributed by atoms with Gasteiger partial charge in [0.2, 0.25) is 0 Å². The smallest absolute Gasteiger partial charge is 0.368 e. The Labute approximate surface area is 91.6 Å². The summed E-state index contributed by atoms with van der Waals surface area (Å²) in [5.74, 6) is 0. The molecule has 98 valence electrons. The Balaban J connectivity index is 4.73. The molecule has 10 heteroatoms. The zero-order valence-electron chi connectivity index (χ0n) is 8.36. The van der Waals surface area contributed by atoms with Gasteiger partial charge >= 0.3 is 15.2 Å². The van der Waals surface area contributed by atoms with Crippen LogP contribution in [-0.4, -0.2) is 36.4 Å². The van der Waals surface area contributed by atoms with Gasteiger partial charge in [0, 0.05) is 0 Å². The Morgan fingerprint density at radius 1 is 0.938 bits per heavy atom. The Hall–Kier alpha value is 0.190. The molecule has 16 heavy (non-hydrogen) atoms. The van der Waals surface area contributed by atoms with Crippen LogP contribution in [0.3, 0.4) is 0 Å². The molecule has 0 spiro atoms. The molecule has 0 saturated heterocycles. The van der Waals surface area contributed by atoms with Gasteiger partial charge in [-0.3, -0.25) is 13.5 Å². The van der Waals surface area contributed by atoms with E-state index in [-0.39, 0.29) is 19.3 Å². The maximum absolute atomic E-state index is 11.7. The molecule has 0 heterocycles. The van der Waals surface area contributed by atoms with E-state index in [1.807, 2.05) is 0 Å². The summed E-state index contributed by atoms with van der Waals surface area (Å²) in [6.07, 6.45) is -0.574. The van der Waals surface area contributed by atoms with Gasteiger partial charge in [0.15, 0.2) is 0 Å². The van der Waals surface area contributed by atoms with Crippen molar-refractivity contribution in [2.24, 2.45) is 0 Å². The summed E-state index contributed by atoms with van der Waals surface area (Å²) < 4.78 is 33.4. The van der Waals surface area contributed by atoms with Crippen molar-refractivity contribution in [3.8, 4) is 0 Å². The van der Waals surface area contributed by atoms with E-state index in [0.717, 1.165) is 0 Å². The zero-order valence-corrected chi connectivity index (χ0v) is 10.1. The van der Waals surface area contributed by atoms with E-state index < -0.39 is 33.4 Å². The van der Waals surface area contributed by atoms with Crippen molar-refractivity contribution in [3.05, 3.63) is 0 Å². The number of halogens is 1. The number of hydrogen-bond acceptors (Lipinski definition) is 3. The second-order valence-electron chi connectivity index (χ2n) is 3.36. The van der Waals surface area contributed by atoms with Crippen LogP contribution in [0.5, 0.6) is 0 Å². The maximum atomic E-state index is 11.7. The second kappa shape index (κ2) is 5.69. The predicted molar refractivity (Wildman–Crippen MR) is 53.5 cm³/mol. The number of alkyl halides is 1. The quantitative estimate of drug-likeness (QED) is 0.339. The number of aliphatic hydroxyl groups is 1. The lowest BCUT2D eigenvalue weighted by atomic mass is 10.2. The normalized spacial score (nSPS) is 14.1. The predicted octanol–water partition coefficient (Wildman–Crippen LogP) is 0.518. The molecule has 0 amide bonds. The monoisotopic (exact) mass is 280 g/mol. The van der Waals surface area contributed by atoms with Gasteiger partial charge in [-0.2, -0.15) is 0 Å². The van der Waals surface area contributed by atoms with Crippen molar-refractivity contribution in [2.45, 2.75) is 30.8 Å². The molecule has 0 aliphatic heterocycles. The standard InChI is InChI=1S/C6H15FO7P2/c7-5-3-1-2-4-6(8,15(9,10)11)16(12,13)14/h8H,1-5H2,(H2,9,10,11)(H2,12,13,14). The molecule has 0 aliphatic carbocycles. The van der Waals surface area contributed by atoms with Gasteiger partial charge in [0.1, 0.15) is 0 Å². The summed E-state index contributed by atoms with van der Waals surface area (Å²) in [7, 11) is -10.7. The van der Waals surface area contributed by atoms with Crippen molar-refractivity contribution < 1.29 is 38.2 Å². The third kappa shape index (κ3) is 3.89. The van der Waals surface area contributed by atoms with Gasteiger partial charge in [-0.15, -0.1) is 0 Å². The maximum Gasteiger partial charge on any atom is 0.369 e. The Bertz CT molecular complexity index is 286. The van der Waals surface area contributed by atoms with Crippen molar-refractivity contribution in [2.75, 3.05) is 6.67 Å². The van der Waals surface area contributed by atoms with Crippen molar-refractivity contribution in [1.82, 2.24) is 0 Å². The van der Waals surface area contributed by atoms with Gasteiger partial charge in [-0.1, -0.05) is 6.42 Å². The third-order valence-electron chi connectivity index (χ3n) is 2.08. The fourth-order valence-electron chi connectivity index (χ4n) is 1.09. The molecule has 0 bridgehead atoms. The minimum Gasteiger partial charge on any atom is -0.368 e. The van der Waals surface area contributed by atoms with Crippen LogP contribution in [0, 0.1) is 0 Å². The number of hydrogen-bond donors (Lipinski definition) is 5. The molecular formula is C6H15FO7P2. The van der Waals surface area contributed by atoms with Gasteiger partial charge in [0.05, 0.1) is 6.67 Å². The Kier molecular flexibility index (Phi) is 5.76. The van der Waals surface area contributed by atoms with E-state index in [4.69, 9.17) is 19.6 Å². The van der Waals surface area contributed by atoms with Crippen LogP contribution in [0.4, 0.5) is 4.39 Å².